The van der Waals surface area contributed by atoms with Crippen molar-refractivity contribution in [1.82, 2.24) is 9.88 Å². The maximum absolute atomic E-state index is 13.9. The number of nitrogens with one attached hydrogen (secondary N) is 2. The third-order valence-corrected chi connectivity index (χ3v) is 12.6. The standard InChI is InChI=1S/C34H35N3O8S2/c1-4-44-21-12-16(10-11-20(21)45-14-22(38)35-17-8-6-5-7-9-17)23-24-18-13-19(28(24)46-30-29(23)47-34(43)36-30)26-25(18)31(39)37(32(26)40)27(15(2)3)33(41)42/h5-12,15,18-19,23-28H,4,13-14H2,1-3H3,(H,35,38)(H,36,43)(H,41,42)/t18?,19?,23-,24?,25?,26?,27?,28?/m1/s1. The fourth-order valence-corrected chi connectivity index (χ4v) is 11.2. The van der Waals surface area contributed by atoms with Gasteiger partial charge >= 0.3 is 10.8 Å². The molecule has 1 aromatic heterocycles. The van der Waals surface area contributed by atoms with Crippen LogP contribution in [0.4, 0.5) is 5.69 Å². The van der Waals surface area contributed by atoms with Gasteiger partial charge in [-0.2, -0.15) is 0 Å². The highest BCUT2D eigenvalue weighted by atomic mass is 32.2. The van der Waals surface area contributed by atoms with Crippen molar-refractivity contribution in [3.63, 3.8) is 0 Å². The molecule has 246 valence electrons. The number of hydrogen-bond donors (Lipinski definition) is 3. The maximum atomic E-state index is 13.9. The largest absolute Gasteiger partial charge is 0.490 e. The molecule has 4 aliphatic rings. The van der Waals surface area contributed by atoms with Crippen molar-refractivity contribution in [1.29, 1.82) is 0 Å². The SMILES string of the molecule is CCOc1cc([C@H]2c3sc(=O)[nH]c3SC3C4CC(C5C(=O)N(C(C(=O)O)C(C)C)C(=O)C45)C32)ccc1OCC(=O)Nc1ccccc1. The molecule has 0 spiro atoms. The number of anilines is 1. The molecule has 7 unspecified atom stereocenters. The number of carbonyl (C=O) groups excluding carboxylic acids is 3. The number of carboxylic acids is 1. The van der Waals surface area contributed by atoms with E-state index in [1.807, 2.05) is 37.3 Å². The zero-order chi connectivity index (χ0) is 33.1. The normalized spacial score (nSPS) is 27.7. The molecule has 8 atom stereocenters. The Morgan fingerprint density at radius 3 is 2.43 bits per heavy atom. The van der Waals surface area contributed by atoms with E-state index in [1.165, 1.54) is 0 Å². The van der Waals surface area contributed by atoms with E-state index in [4.69, 9.17) is 9.47 Å². The van der Waals surface area contributed by atoms with Crippen LogP contribution in [-0.2, 0) is 19.2 Å². The van der Waals surface area contributed by atoms with Crippen molar-refractivity contribution >= 4 is 52.5 Å². The number of aromatic amines is 1. The average Bonchev–Trinajstić information content (AvgIpc) is 3.77. The lowest BCUT2D eigenvalue weighted by Gasteiger charge is -2.43. The number of carboxylic acid groups (broad SMARTS) is 1. The molecule has 2 bridgehead atoms. The Morgan fingerprint density at radius 1 is 1.02 bits per heavy atom. The summed E-state index contributed by atoms with van der Waals surface area (Å²) in [7, 11) is 0. The van der Waals surface area contributed by atoms with Gasteiger partial charge in [-0.1, -0.05) is 49.4 Å². The smallest absolute Gasteiger partial charge is 0.327 e. The Bertz CT molecular complexity index is 1810. The second kappa shape index (κ2) is 12.2. The van der Waals surface area contributed by atoms with Crippen LogP contribution in [0.15, 0.2) is 58.4 Å². The van der Waals surface area contributed by atoms with Crippen LogP contribution in [0.25, 0.3) is 0 Å². The summed E-state index contributed by atoms with van der Waals surface area (Å²) >= 11 is 2.72. The van der Waals surface area contributed by atoms with Gasteiger partial charge in [-0.3, -0.25) is 24.1 Å². The van der Waals surface area contributed by atoms with Gasteiger partial charge in [-0.15, -0.1) is 11.8 Å². The summed E-state index contributed by atoms with van der Waals surface area (Å²) in [5.41, 5.74) is 1.54. The first-order valence-electron chi connectivity index (χ1n) is 15.8. The number of ether oxygens (including phenoxy) is 2. The highest BCUT2D eigenvalue weighted by Gasteiger charge is 2.70. The summed E-state index contributed by atoms with van der Waals surface area (Å²) in [5, 5.41) is 13.5. The van der Waals surface area contributed by atoms with Crippen molar-refractivity contribution in [2.45, 2.75) is 49.4 Å². The van der Waals surface area contributed by atoms with Crippen LogP contribution in [0.3, 0.4) is 0 Å². The van der Waals surface area contributed by atoms with Crippen LogP contribution in [0, 0.1) is 35.5 Å². The maximum Gasteiger partial charge on any atom is 0.327 e. The molecule has 1 saturated heterocycles. The van der Waals surface area contributed by atoms with E-state index in [0.29, 0.717) is 30.2 Å². The number of fused-ring (bicyclic) bond motifs is 9. The van der Waals surface area contributed by atoms with Crippen molar-refractivity contribution in [3.8, 4) is 11.5 Å². The quantitative estimate of drug-likeness (QED) is 0.264. The van der Waals surface area contributed by atoms with Crippen LogP contribution in [0.1, 0.15) is 43.6 Å². The van der Waals surface area contributed by atoms with Gasteiger partial charge in [-0.05, 0) is 66.8 Å². The van der Waals surface area contributed by atoms with E-state index in [0.717, 1.165) is 31.7 Å². The van der Waals surface area contributed by atoms with Crippen LogP contribution < -0.4 is 19.7 Å². The lowest BCUT2D eigenvalue weighted by atomic mass is 9.68. The Balaban J connectivity index is 1.21. The topological polar surface area (TPSA) is 155 Å². The fourth-order valence-electron chi connectivity index (χ4n) is 8.35. The van der Waals surface area contributed by atoms with Gasteiger partial charge in [0.2, 0.25) is 11.8 Å². The first-order chi connectivity index (χ1) is 22.6. The predicted octanol–water partition coefficient (Wildman–Crippen LogP) is 4.44. The monoisotopic (exact) mass is 677 g/mol. The number of amides is 3. The summed E-state index contributed by atoms with van der Waals surface area (Å²) in [5.74, 6) is -3.62. The molecule has 2 aromatic carbocycles. The summed E-state index contributed by atoms with van der Waals surface area (Å²) < 4.78 is 11.9. The molecule has 2 saturated carbocycles. The van der Waals surface area contributed by atoms with Gasteiger partial charge in [0.15, 0.2) is 18.1 Å². The number of thiazole rings is 1. The lowest BCUT2D eigenvalue weighted by Crippen LogP contribution is -2.49. The predicted molar refractivity (Wildman–Crippen MR) is 175 cm³/mol. The number of aliphatic carboxylic acids is 1. The molecule has 47 heavy (non-hydrogen) atoms. The zero-order valence-electron chi connectivity index (χ0n) is 26.0. The van der Waals surface area contributed by atoms with Gasteiger partial charge in [0, 0.05) is 21.7 Å². The minimum atomic E-state index is -1.21. The molecule has 13 heteroatoms. The molecule has 2 aliphatic carbocycles. The third-order valence-electron chi connectivity index (χ3n) is 9.96. The van der Waals surface area contributed by atoms with Gasteiger partial charge in [0.1, 0.15) is 6.04 Å². The van der Waals surface area contributed by atoms with Crippen LogP contribution >= 0.6 is 23.1 Å². The Morgan fingerprint density at radius 2 is 1.74 bits per heavy atom. The number of hydrogen-bond acceptors (Lipinski definition) is 9. The summed E-state index contributed by atoms with van der Waals surface area (Å²) in [4.78, 5) is 69.9. The highest BCUT2D eigenvalue weighted by Crippen LogP contribution is 2.68. The van der Waals surface area contributed by atoms with Gasteiger partial charge in [-0.25, -0.2) is 4.79 Å². The van der Waals surface area contributed by atoms with E-state index >= 15 is 0 Å². The first-order valence-corrected chi connectivity index (χ1v) is 17.5. The van der Waals surface area contributed by atoms with Crippen LogP contribution in [0.2, 0.25) is 0 Å². The van der Waals surface area contributed by atoms with Crippen molar-refractivity contribution in [2.75, 3.05) is 18.5 Å². The average molecular weight is 678 g/mol. The number of aromatic nitrogens is 1. The Hall–Kier alpha value is -4.10. The number of nitrogens with zero attached hydrogens (tertiary/aromatic N) is 1. The number of likely N-dealkylation sites (tertiary alicyclic amines) is 1. The van der Waals surface area contributed by atoms with Crippen molar-refractivity contribution in [2.24, 2.45) is 35.5 Å². The second-order valence-corrected chi connectivity index (χ2v) is 15.1. The first kappa shape index (κ1) is 31.5. The highest BCUT2D eigenvalue weighted by molar-refractivity contribution is 8.00. The minimum Gasteiger partial charge on any atom is -0.490 e. The molecule has 3 amide bonds. The molecule has 3 fully saturated rings. The summed E-state index contributed by atoms with van der Waals surface area (Å²) in [6.45, 7) is 5.40. The number of benzene rings is 2. The number of carbonyl (C=O) groups is 4. The van der Waals surface area contributed by atoms with E-state index in [2.05, 4.69) is 10.3 Å². The molecule has 2 aliphatic heterocycles. The van der Waals surface area contributed by atoms with Crippen molar-refractivity contribution in [3.05, 3.63) is 68.6 Å². The minimum absolute atomic E-state index is 0.0452. The second-order valence-electron chi connectivity index (χ2n) is 12.9. The number of H-pyrrole nitrogens is 1. The molecule has 7 rings (SSSR count). The number of thioether (sulfide) groups is 1. The number of para-hydroxylation sites is 1. The van der Waals surface area contributed by atoms with E-state index in [9.17, 15) is 29.1 Å². The van der Waals surface area contributed by atoms with E-state index < -0.39 is 35.7 Å². The number of rotatable bonds is 10. The molecular formula is C34H35N3O8S2. The van der Waals surface area contributed by atoms with Crippen molar-refractivity contribution < 1.29 is 33.8 Å². The van der Waals surface area contributed by atoms with E-state index in [1.54, 1.807) is 43.8 Å². The number of imide groups is 1. The Kier molecular flexibility index (Phi) is 8.15. The molecule has 3 N–H and O–H groups in total. The summed E-state index contributed by atoms with van der Waals surface area (Å²) in [6.07, 6.45) is 0.689. The molecule has 11 nitrogen and oxygen atoms in total. The van der Waals surface area contributed by atoms with Gasteiger partial charge < -0.3 is 24.9 Å². The van der Waals surface area contributed by atoms with Gasteiger partial charge in [0.05, 0.1) is 23.5 Å². The Labute approximate surface area is 279 Å². The molecular weight excluding hydrogens is 643 g/mol. The van der Waals surface area contributed by atoms with Crippen LogP contribution in [-0.4, -0.2) is 63.2 Å². The lowest BCUT2D eigenvalue weighted by molar-refractivity contribution is -0.157. The molecule has 3 aromatic rings. The fraction of sp³-hybridized carbons (Fsp3) is 0.441. The molecule has 0 radical (unpaired) electrons. The van der Waals surface area contributed by atoms with E-state index in [-0.39, 0.29) is 52.2 Å². The zero-order valence-corrected chi connectivity index (χ0v) is 27.6. The van der Waals surface area contributed by atoms with Crippen LogP contribution in [0.5, 0.6) is 11.5 Å². The third kappa shape index (κ3) is 5.23. The summed E-state index contributed by atoms with van der Waals surface area (Å²) in [6, 6.07) is 13.5. The van der Waals surface area contributed by atoms with Gasteiger partial charge in [0.25, 0.3) is 5.91 Å². The molecule has 3 heterocycles.